The van der Waals surface area contributed by atoms with Gasteiger partial charge in [0, 0.05) is 0 Å². The third-order valence-electron chi connectivity index (χ3n) is 1.56. The van der Waals surface area contributed by atoms with Crippen molar-refractivity contribution >= 4 is 0 Å². The smallest absolute Gasteiger partial charge is 0.0869 e. The molecule has 0 saturated carbocycles. The van der Waals surface area contributed by atoms with Crippen LogP contribution >= 0.6 is 0 Å². The summed E-state index contributed by atoms with van der Waals surface area (Å²) in [4.78, 5) is 0. The maximum Gasteiger partial charge on any atom is 0.0869 e. The molecule has 0 rings (SSSR count). The van der Waals surface area contributed by atoms with Gasteiger partial charge in [-0.1, -0.05) is 17.2 Å². The van der Waals surface area contributed by atoms with Crippen LogP contribution in [0.3, 0.4) is 0 Å². The molecule has 0 aliphatic heterocycles. The first-order chi connectivity index (χ1) is 5.07. The Balaban J connectivity index is 4.44. The number of hydrogen-bond donors (Lipinski definition) is 0. The molecule has 0 aliphatic rings. The Morgan fingerprint density at radius 1 is 1.09 bits per heavy atom. The quantitative estimate of drug-likeness (QED) is 0.531. The highest BCUT2D eigenvalue weighted by Gasteiger charge is 1.87. The molecule has 0 radical (unpaired) electrons. The van der Waals surface area contributed by atoms with Gasteiger partial charge in [0.2, 0.25) is 0 Å². The minimum absolute atomic E-state index is 0.560. The van der Waals surface area contributed by atoms with E-state index in [0.29, 0.717) is 6.33 Å². The van der Waals surface area contributed by atoms with Gasteiger partial charge >= 0.3 is 0 Å². The summed E-state index contributed by atoms with van der Waals surface area (Å²) < 4.78 is 11.7. The summed E-state index contributed by atoms with van der Waals surface area (Å²) >= 11 is 0. The summed E-state index contributed by atoms with van der Waals surface area (Å²) in [7, 11) is 0. The lowest BCUT2D eigenvalue weighted by molar-refractivity contribution is 0.720. The minimum atomic E-state index is 0.560. The van der Waals surface area contributed by atoms with Crippen molar-refractivity contribution in [3.8, 4) is 0 Å². The Morgan fingerprint density at radius 3 is 2.00 bits per heavy atom. The number of rotatable bonds is 2. The van der Waals surface area contributed by atoms with Gasteiger partial charge in [-0.3, -0.25) is 0 Å². The largest absolute Gasteiger partial charge is 0.216 e. The highest BCUT2D eigenvalue weighted by atomic mass is 19.1. The summed E-state index contributed by atoms with van der Waals surface area (Å²) in [6.45, 7) is 7.98. The van der Waals surface area contributed by atoms with E-state index in [1.54, 1.807) is 0 Å². The van der Waals surface area contributed by atoms with Gasteiger partial charge in [-0.2, -0.15) is 0 Å². The van der Waals surface area contributed by atoms with Crippen molar-refractivity contribution < 1.29 is 4.39 Å². The molecule has 11 heavy (non-hydrogen) atoms. The van der Waals surface area contributed by atoms with Crippen molar-refractivity contribution in [3.05, 3.63) is 35.2 Å². The summed E-state index contributed by atoms with van der Waals surface area (Å²) in [6.07, 6.45) is 3.97. The zero-order valence-corrected chi connectivity index (χ0v) is 7.61. The van der Waals surface area contributed by atoms with Crippen LogP contribution in [-0.4, -0.2) is 0 Å². The van der Waals surface area contributed by atoms with E-state index in [0.717, 1.165) is 5.57 Å². The fraction of sp³-hybridized carbons (Fsp3) is 0.400. The lowest BCUT2D eigenvalue weighted by atomic mass is 10.1. The van der Waals surface area contributed by atoms with Crippen LogP contribution in [0.4, 0.5) is 4.39 Å². The van der Waals surface area contributed by atoms with Crippen molar-refractivity contribution in [3.63, 3.8) is 0 Å². The lowest BCUT2D eigenvalue weighted by Gasteiger charge is -1.96. The SMILES string of the molecule is CC(C)=C(C)/C=C(C)\C=C\F. The third kappa shape index (κ3) is 4.54. The fourth-order valence-electron chi connectivity index (χ4n) is 0.633. The van der Waals surface area contributed by atoms with E-state index >= 15 is 0 Å². The second kappa shape index (κ2) is 4.89. The van der Waals surface area contributed by atoms with Crippen LogP contribution in [0.15, 0.2) is 35.2 Å². The van der Waals surface area contributed by atoms with Gasteiger partial charge in [0.1, 0.15) is 0 Å². The Morgan fingerprint density at radius 2 is 1.64 bits per heavy atom. The molecule has 0 amide bonds. The molecule has 0 nitrogen and oxygen atoms in total. The van der Waals surface area contributed by atoms with Crippen LogP contribution in [0.5, 0.6) is 0 Å². The molecule has 0 N–H and O–H groups in total. The first-order valence-corrected chi connectivity index (χ1v) is 3.67. The molecule has 0 aromatic heterocycles. The molecule has 0 aromatic carbocycles. The Hall–Kier alpha value is -0.850. The van der Waals surface area contributed by atoms with Gasteiger partial charge in [0.15, 0.2) is 0 Å². The Kier molecular flexibility index (Phi) is 4.51. The molecule has 0 atom stereocenters. The van der Waals surface area contributed by atoms with E-state index in [1.165, 1.54) is 17.2 Å². The molecule has 0 saturated heterocycles. The fourth-order valence-corrected chi connectivity index (χ4v) is 0.633. The van der Waals surface area contributed by atoms with Gasteiger partial charge in [0.05, 0.1) is 6.33 Å². The summed E-state index contributed by atoms with van der Waals surface area (Å²) in [5.74, 6) is 0. The Labute approximate surface area is 68.1 Å². The van der Waals surface area contributed by atoms with Crippen LogP contribution in [-0.2, 0) is 0 Å². The second-order valence-electron chi connectivity index (χ2n) is 2.86. The normalized spacial score (nSPS) is 12.3. The van der Waals surface area contributed by atoms with Crippen molar-refractivity contribution in [2.24, 2.45) is 0 Å². The van der Waals surface area contributed by atoms with Gasteiger partial charge in [0.25, 0.3) is 0 Å². The van der Waals surface area contributed by atoms with E-state index in [9.17, 15) is 4.39 Å². The second-order valence-corrected chi connectivity index (χ2v) is 2.86. The molecule has 0 aliphatic carbocycles. The van der Waals surface area contributed by atoms with E-state index in [2.05, 4.69) is 0 Å². The zero-order chi connectivity index (χ0) is 8.85. The average Bonchev–Trinajstić information content (AvgIpc) is 1.87. The average molecular weight is 154 g/mol. The van der Waals surface area contributed by atoms with E-state index in [1.807, 2.05) is 33.8 Å². The minimum Gasteiger partial charge on any atom is -0.216 e. The first kappa shape index (κ1) is 10.2. The molecule has 0 unspecified atom stereocenters. The summed E-state index contributed by atoms with van der Waals surface area (Å²) in [5.41, 5.74) is 3.39. The van der Waals surface area contributed by atoms with Crippen molar-refractivity contribution in [1.82, 2.24) is 0 Å². The highest BCUT2D eigenvalue weighted by Crippen LogP contribution is 2.07. The van der Waals surface area contributed by atoms with E-state index in [4.69, 9.17) is 0 Å². The zero-order valence-electron chi connectivity index (χ0n) is 7.61. The molecular formula is C10H15F. The van der Waals surface area contributed by atoms with Crippen molar-refractivity contribution in [2.45, 2.75) is 27.7 Å². The van der Waals surface area contributed by atoms with Crippen LogP contribution in [0, 0.1) is 0 Å². The van der Waals surface area contributed by atoms with E-state index < -0.39 is 0 Å². The third-order valence-corrected chi connectivity index (χ3v) is 1.56. The number of allylic oxidation sites excluding steroid dienone is 5. The molecule has 0 fully saturated rings. The lowest BCUT2D eigenvalue weighted by Crippen LogP contribution is -1.76. The van der Waals surface area contributed by atoms with Crippen molar-refractivity contribution in [2.75, 3.05) is 0 Å². The van der Waals surface area contributed by atoms with E-state index in [-0.39, 0.29) is 0 Å². The molecule has 1 heteroatoms. The summed E-state index contributed by atoms with van der Waals surface area (Å²) in [6, 6.07) is 0. The van der Waals surface area contributed by atoms with Gasteiger partial charge < -0.3 is 0 Å². The first-order valence-electron chi connectivity index (χ1n) is 3.67. The highest BCUT2D eigenvalue weighted by molar-refractivity contribution is 5.29. The molecule has 0 bridgehead atoms. The van der Waals surface area contributed by atoms with Crippen molar-refractivity contribution in [1.29, 1.82) is 0 Å². The van der Waals surface area contributed by atoms with Crippen LogP contribution in [0.1, 0.15) is 27.7 Å². The Bertz CT molecular complexity index is 203. The topological polar surface area (TPSA) is 0 Å². The standard InChI is InChI=1S/C10H15F/c1-8(2)10(4)7-9(3)5-6-11/h5-7H,1-4H3/b6-5+,9-7-. The number of halogens is 1. The molecular weight excluding hydrogens is 139 g/mol. The molecule has 62 valence electrons. The van der Waals surface area contributed by atoms with Crippen LogP contribution in [0.25, 0.3) is 0 Å². The van der Waals surface area contributed by atoms with Gasteiger partial charge in [-0.15, -0.1) is 0 Å². The summed E-state index contributed by atoms with van der Waals surface area (Å²) in [5, 5.41) is 0. The monoisotopic (exact) mass is 154 g/mol. The van der Waals surface area contributed by atoms with Crippen LogP contribution in [0.2, 0.25) is 0 Å². The molecule has 0 spiro atoms. The maximum atomic E-state index is 11.7. The molecule has 0 aromatic rings. The maximum absolute atomic E-state index is 11.7. The van der Waals surface area contributed by atoms with Crippen LogP contribution < -0.4 is 0 Å². The van der Waals surface area contributed by atoms with Gasteiger partial charge in [-0.25, -0.2) is 4.39 Å². The predicted octanol–water partition coefficient (Wildman–Crippen LogP) is 3.77. The molecule has 0 heterocycles. The number of hydrogen-bond acceptors (Lipinski definition) is 0. The predicted molar refractivity (Wildman–Crippen MR) is 48.1 cm³/mol. The van der Waals surface area contributed by atoms with Gasteiger partial charge in [-0.05, 0) is 39.3 Å².